The summed E-state index contributed by atoms with van der Waals surface area (Å²) in [6.07, 6.45) is 0. The van der Waals surface area contributed by atoms with Crippen LogP contribution in [0.15, 0.2) is 121 Å². The monoisotopic (exact) mass is 523 g/mol. The molecule has 0 aliphatic rings. The van der Waals surface area contributed by atoms with E-state index in [0.717, 1.165) is 12.2 Å². The molecular formula is C38H53N. The molecule has 0 spiro atoms. The molecule has 0 saturated carbocycles. The summed E-state index contributed by atoms with van der Waals surface area (Å²) in [6.45, 7) is 22.9. The molecule has 0 aliphatic carbocycles. The van der Waals surface area contributed by atoms with Crippen LogP contribution in [0, 0.1) is 10.8 Å². The van der Waals surface area contributed by atoms with Gasteiger partial charge in [-0.3, -0.25) is 0 Å². The first kappa shape index (κ1) is 33.7. The number of nitrogens with one attached hydrogen (secondary N) is 1. The third kappa shape index (κ3) is 12.4. The van der Waals surface area contributed by atoms with Gasteiger partial charge in [-0.2, -0.15) is 0 Å². The molecular weight excluding hydrogens is 470 g/mol. The second kappa shape index (κ2) is 16.6. The minimum Gasteiger partial charge on any atom is -0.381 e. The highest BCUT2D eigenvalue weighted by molar-refractivity contribution is 5.43. The van der Waals surface area contributed by atoms with Gasteiger partial charge in [0.2, 0.25) is 0 Å². The second-order valence-electron chi connectivity index (χ2n) is 12.3. The third-order valence-corrected chi connectivity index (χ3v) is 6.32. The maximum atomic E-state index is 3.36. The Morgan fingerprint density at radius 1 is 0.462 bits per heavy atom. The van der Waals surface area contributed by atoms with Crippen LogP contribution < -0.4 is 5.32 Å². The standard InChI is InChI=1S/C18H22.C13H13N.C5H12.C2H6/c1-17(2,3)18(4,15-11-7-5-8-12-15)16-13-9-6-10-14-16;1-3-7-12(8-4-1)11-14-13-9-5-2-6-10-13;1-5(2,3)4;1-2/h5-14H,1-4H3;1-10,14H,11H2;1-4H3;1-2H3. The first-order valence-electron chi connectivity index (χ1n) is 14.3. The molecule has 0 bridgehead atoms. The topological polar surface area (TPSA) is 12.0 Å². The fourth-order valence-corrected chi connectivity index (χ4v) is 3.93. The Kier molecular flexibility index (Phi) is 14.3. The van der Waals surface area contributed by atoms with Gasteiger partial charge in [-0.05, 0) is 39.7 Å². The van der Waals surface area contributed by atoms with Crippen molar-refractivity contribution in [1.29, 1.82) is 0 Å². The minimum atomic E-state index is 0.0233. The molecule has 0 saturated heterocycles. The van der Waals surface area contributed by atoms with Crippen molar-refractivity contribution in [3.05, 3.63) is 138 Å². The van der Waals surface area contributed by atoms with Crippen molar-refractivity contribution in [2.75, 3.05) is 5.32 Å². The Morgan fingerprint density at radius 3 is 1.10 bits per heavy atom. The molecule has 4 aromatic carbocycles. The molecule has 1 heteroatoms. The van der Waals surface area contributed by atoms with Crippen LogP contribution in [-0.4, -0.2) is 0 Å². The Labute approximate surface area is 240 Å². The first-order valence-corrected chi connectivity index (χ1v) is 14.3. The molecule has 0 atom stereocenters. The summed E-state index contributed by atoms with van der Waals surface area (Å²) < 4.78 is 0. The number of anilines is 1. The summed E-state index contributed by atoms with van der Waals surface area (Å²) in [5.74, 6) is 0. The van der Waals surface area contributed by atoms with Crippen molar-refractivity contribution in [2.45, 2.75) is 81.2 Å². The lowest BCUT2D eigenvalue weighted by Gasteiger charge is -2.43. The summed E-state index contributed by atoms with van der Waals surface area (Å²) in [5.41, 5.74) is 5.91. The lowest BCUT2D eigenvalue weighted by molar-refractivity contribution is 0.249. The van der Waals surface area contributed by atoms with Crippen LogP contribution in [0.5, 0.6) is 0 Å². The number of hydrogen-bond acceptors (Lipinski definition) is 1. The van der Waals surface area contributed by atoms with E-state index in [1.807, 2.05) is 38.1 Å². The normalized spacial score (nSPS) is 10.9. The molecule has 4 rings (SSSR count). The van der Waals surface area contributed by atoms with E-state index in [1.165, 1.54) is 16.7 Å². The summed E-state index contributed by atoms with van der Waals surface area (Å²) in [4.78, 5) is 0. The number of rotatable bonds is 5. The lowest BCUT2D eigenvalue weighted by atomic mass is 9.60. The molecule has 0 amide bonds. The lowest BCUT2D eigenvalue weighted by Crippen LogP contribution is -2.38. The van der Waals surface area contributed by atoms with E-state index < -0.39 is 0 Å². The SMILES string of the molecule is CC.CC(C)(C)C.CC(C)(C)C(C)(c1ccccc1)c1ccccc1.c1ccc(CNc2ccccc2)cc1. The highest BCUT2D eigenvalue weighted by Gasteiger charge is 2.40. The van der Waals surface area contributed by atoms with Crippen LogP contribution >= 0.6 is 0 Å². The Bertz CT molecular complexity index is 1030. The van der Waals surface area contributed by atoms with Crippen LogP contribution in [-0.2, 0) is 12.0 Å². The van der Waals surface area contributed by atoms with Crippen LogP contribution in [0.2, 0.25) is 0 Å². The highest BCUT2D eigenvalue weighted by atomic mass is 14.9. The first-order chi connectivity index (χ1) is 18.4. The van der Waals surface area contributed by atoms with Gasteiger partial charge < -0.3 is 5.32 Å². The highest BCUT2D eigenvalue weighted by Crippen LogP contribution is 2.46. The Hall–Kier alpha value is -3.32. The smallest absolute Gasteiger partial charge is 0.0400 e. The van der Waals surface area contributed by atoms with Crippen LogP contribution in [0.25, 0.3) is 0 Å². The van der Waals surface area contributed by atoms with Crippen molar-refractivity contribution in [1.82, 2.24) is 0 Å². The minimum absolute atomic E-state index is 0.0233. The van der Waals surface area contributed by atoms with Crippen LogP contribution in [0.4, 0.5) is 5.69 Å². The zero-order chi connectivity index (χ0) is 29.4. The summed E-state index contributed by atoms with van der Waals surface area (Å²) in [7, 11) is 0. The average Bonchev–Trinajstić information content (AvgIpc) is 2.93. The van der Waals surface area contributed by atoms with Gasteiger partial charge in [0.25, 0.3) is 0 Å². The second-order valence-corrected chi connectivity index (χ2v) is 12.3. The van der Waals surface area contributed by atoms with E-state index in [2.05, 4.69) is 158 Å². The average molecular weight is 524 g/mol. The van der Waals surface area contributed by atoms with Crippen LogP contribution in [0.1, 0.15) is 85.9 Å². The van der Waals surface area contributed by atoms with Gasteiger partial charge in [0.05, 0.1) is 0 Å². The van der Waals surface area contributed by atoms with Gasteiger partial charge >= 0.3 is 0 Å². The predicted molar refractivity (Wildman–Crippen MR) is 175 cm³/mol. The fraction of sp³-hybridized carbons (Fsp3) is 0.368. The van der Waals surface area contributed by atoms with Gasteiger partial charge in [0.1, 0.15) is 0 Å². The van der Waals surface area contributed by atoms with Crippen LogP contribution in [0.3, 0.4) is 0 Å². The van der Waals surface area contributed by atoms with Crippen molar-refractivity contribution >= 4 is 5.69 Å². The largest absolute Gasteiger partial charge is 0.381 e. The molecule has 0 heterocycles. The molecule has 0 radical (unpaired) electrons. The van der Waals surface area contributed by atoms with Gasteiger partial charge in [-0.15, -0.1) is 0 Å². The maximum absolute atomic E-state index is 3.36. The third-order valence-electron chi connectivity index (χ3n) is 6.32. The summed E-state index contributed by atoms with van der Waals surface area (Å²) in [5, 5.41) is 3.36. The van der Waals surface area contributed by atoms with E-state index in [-0.39, 0.29) is 10.8 Å². The maximum Gasteiger partial charge on any atom is 0.0400 e. The Morgan fingerprint density at radius 2 is 0.769 bits per heavy atom. The van der Waals surface area contributed by atoms with Gasteiger partial charge in [0.15, 0.2) is 0 Å². The summed E-state index contributed by atoms with van der Waals surface area (Å²) >= 11 is 0. The van der Waals surface area contributed by atoms with E-state index >= 15 is 0 Å². The number of benzene rings is 4. The zero-order valence-corrected chi connectivity index (χ0v) is 26.3. The molecule has 210 valence electrons. The number of hydrogen-bond donors (Lipinski definition) is 1. The Balaban J connectivity index is 0.000000322. The fourth-order valence-electron chi connectivity index (χ4n) is 3.93. The van der Waals surface area contributed by atoms with Crippen molar-refractivity contribution in [2.24, 2.45) is 10.8 Å². The molecule has 4 aromatic rings. The molecule has 0 aliphatic heterocycles. The van der Waals surface area contributed by atoms with E-state index in [4.69, 9.17) is 0 Å². The molecule has 0 aromatic heterocycles. The van der Waals surface area contributed by atoms with E-state index in [1.54, 1.807) is 0 Å². The van der Waals surface area contributed by atoms with Gasteiger partial charge in [0, 0.05) is 17.6 Å². The van der Waals surface area contributed by atoms with Crippen molar-refractivity contribution in [3.63, 3.8) is 0 Å². The van der Waals surface area contributed by atoms with E-state index in [0.29, 0.717) is 5.41 Å². The molecule has 39 heavy (non-hydrogen) atoms. The van der Waals surface area contributed by atoms with Gasteiger partial charge in [-0.25, -0.2) is 0 Å². The van der Waals surface area contributed by atoms with Crippen molar-refractivity contribution < 1.29 is 0 Å². The molecule has 0 unspecified atom stereocenters. The quantitative estimate of drug-likeness (QED) is 0.274. The molecule has 0 fully saturated rings. The molecule has 1 N–H and O–H groups in total. The predicted octanol–water partition coefficient (Wildman–Crippen LogP) is 11.4. The molecule has 1 nitrogen and oxygen atoms in total. The van der Waals surface area contributed by atoms with E-state index in [9.17, 15) is 0 Å². The summed E-state index contributed by atoms with van der Waals surface area (Å²) in [6, 6.07) is 42.2. The zero-order valence-electron chi connectivity index (χ0n) is 26.3. The number of para-hydroxylation sites is 1. The van der Waals surface area contributed by atoms with Crippen molar-refractivity contribution in [3.8, 4) is 0 Å². The van der Waals surface area contributed by atoms with Gasteiger partial charge in [-0.1, -0.05) is 178 Å².